The van der Waals surface area contributed by atoms with Crippen LogP contribution >= 0.6 is 11.6 Å². The highest BCUT2D eigenvalue weighted by atomic mass is 35.5. The Labute approximate surface area is 229 Å². The maximum absolute atomic E-state index is 13.8. The average molecular weight is 568 g/mol. The maximum Gasteiger partial charge on any atom is 0.417 e. The predicted octanol–water partition coefficient (Wildman–Crippen LogP) is 4.80. The fourth-order valence-electron chi connectivity index (χ4n) is 5.49. The van der Waals surface area contributed by atoms with Gasteiger partial charge < -0.3 is 15.5 Å². The van der Waals surface area contributed by atoms with Gasteiger partial charge in [0.15, 0.2) is 0 Å². The highest BCUT2D eigenvalue weighted by Gasteiger charge is 2.37. The van der Waals surface area contributed by atoms with Crippen molar-refractivity contribution in [2.24, 2.45) is 5.92 Å². The van der Waals surface area contributed by atoms with E-state index in [0.717, 1.165) is 12.1 Å². The Hall–Kier alpha value is -3.08. The van der Waals surface area contributed by atoms with Gasteiger partial charge in [0, 0.05) is 42.2 Å². The molecule has 1 atom stereocenters. The molecule has 1 fully saturated rings. The summed E-state index contributed by atoms with van der Waals surface area (Å²) in [6.07, 6.45) is -1.84. The van der Waals surface area contributed by atoms with Crippen molar-refractivity contribution in [2.45, 2.75) is 83.7 Å². The monoisotopic (exact) mass is 567 g/mol. The summed E-state index contributed by atoms with van der Waals surface area (Å²) in [6, 6.07) is 2.51. The van der Waals surface area contributed by atoms with Gasteiger partial charge in [-0.25, -0.2) is 4.98 Å². The largest absolute Gasteiger partial charge is 0.417 e. The minimum atomic E-state index is -4.70. The van der Waals surface area contributed by atoms with Crippen molar-refractivity contribution in [3.8, 4) is 0 Å². The van der Waals surface area contributed by atoms with E-state index in [4.69, 9.17) is 16.6 Å². The molecule has 39 heavy (non-hydrogen) atoms. The van der Waals surface area contributed by atoms with Gasteiger partial charge in [0.25, 0.3) is 11.5 Å². The minimum Gasteiger partial charge on any atom is -0.359 e. The molecule has 2 N–H and O–H groups in total. The van der Waals surface area contributed by atoms with E-state index in [1.54, 1.807) is 18.5 Å². The van der Waals surface area contributed by atoms with Crippen LogP contribution in [0.1, 0.15) is 79.7 Å². The lowest BCUT2D eigenvalue weighted by Gasteiger charge is -2.36. The summed E-state index contributed by atoms with van der Waals surface area (Å²) < 4.78 is 41.9. The molecule has 1 aliphatic carbocycles. The van der Waals surface area contributed by atoms with E-state index in [0.29, 0.717) is 42.9 Å². The second-order valence-corrected chi connectivity index (χ2v) is 11.0. The number of amides is 2. The van der Waals surface area contributed by atoms with Crippen LogP contribution in [0.25, 0.3) is 0 Å². The van der Waals surface area contributed by atoms with Crippen LogP contribution in [0.5, 0.6) is 0 Å². The molecule has 0 saturated heterocycles. The zero-order chi connectivity index (χ0) is 28.6. The van der Waals surface area contributed by atoms with E-state index in [-0.39, 0.29) is 48.0 Å². The van der Waals surface area contributed by atoms with Crippen molar-refractivity contribution in [1.82, 2.24) is 19.8 Å². The van der Waals surface area contributed by atoms with Crippen molar-refractivity contribution >= 4 is 29.4 Å². The van der Waals surface area contributed by atoms with Crippen LogP contribution in [0.4, 0.5) is 19.1 Å². The van der Waals surface area contributed by atoms with E-state index >= 15 is 0 Å². The summed E-state index contributed by atoms with van der Waals surface area (Å²) in [7, 11) is 1.62. The molecule has 1 aromatic carbocycles. The van der Waals surface area contributed by atoms with Gasteiger partial charge in [-0.1, -0.05) is 11.6 Å². The number of nitrogens with one attached hydrogen (secondary N) is 2. The number of fused-ring (bicyclic) bond motifs is 1. The molecule has 2 amide bonds. The number of carbonyl (C=O) groups excluding carboxylic acids is 2. The Balaban J connectivity index is 1.67. The molecule has 8 nitrogen and oxygen atoms in total. The van der Waals surface area contributed by atoms with Gasteiger partial charge >= 0.3 is 6.18 Å². The summed E-state index contributed by atoms with van der Waals surface area (Å²) >= 11 is 5.73. The zero-order valence-corrected chi connectivity index (χ0v) is 23.1. The van der Waals surface area contributed by atoms with Crippen LogP contribution in [0.2, 0.25) is 5.02 Å². The quantitative estimate of drug-likeness (QED) is 0.541. The van der Waals surface area contributed by atoms with Gasteiger partial charge in [-0.05, 0) is 71.1 Å². The van der Waals surface area contributed by atoms with Crippen LogP contribution in [0.3, 0.4) is 0 Å². The first kappa shape index (κ1) is 28.9. The lowest BCUT2D eigenvalue weighted by molar-refractivity contribution is -0.137. The minimum absolute atomic E-state index is 0.00603. The Morgan fingerprint density at radius 2 is 1.82 bits per heavy atom. The van der Waals surface area contributed by atoms with Crippen LogP contribution in [0, 0.1) is 5.92 Å². The number of aromatic nitrogens is 2. The highest BCUT2D eigenvalue weighted by Crippen LogP contribution is 2.36. The lowest BCUT2D eigenvalue weighted by Crippen LogP contribution is -2.47. The third kappa shape index (κ3) is 5.92. The first-order valence-electron chi connectivity index (χ1n) is 13.1. The van der Waals surface area contributed by atoms with Crippen molar-refractivity contribution in [3.63, 3.8) is 0 Å². The first-order valence-corrected chi connectivity index (χ1v) is 13.5. The average Bonchev–Trinajstić information content (AvgIpc) is 2.87. The molecule has 0 spiro atoms. The highest BCUT2D eigenvalue weighted by molar-refractivity contribution is 6.31. The van der Waals surface area contributed by atoms with Gasteiger partial charge in [-0.2, -0.15) is 13.2 Å². The normalized spacial score (nSPS) is 21.5. The van der Waals surface area contributed by atoms with Gasteiger partial charge in [0.2, 0.25) is 11.9 Å². The Bertz CT molecular complexity index is 1320. The topological polar surface area (TPSA) is 96.3 Å². The molecule has 12 heteroatoms. The molecule has 1 aliphatic heterocycles. The van der Waals surface area contributed by atoms with E-state index in [9.17, 15) is 27.6 Å². The molecule has 0 unspecified atom stereocenters. The number of hydrogen-bond acceptors (Lipinski definition) is 5. The number of hydrogen-bond donors (Lipinski definition) is 2. The Morgan fingerprint density at radius 3 is 2.41 bits per heavy atom. The molecule has 1 saturated carbocycles. The van der Waals surface area contributed by atoms with E-state index in [1.807, 2.05) is 13.8 Å². The predicted molar refractivity (Wildman–Crippen MR) is 142 cm³/mol. The van der Waals surface area contributed by atoms with Crippen molar-refractivity contribution in [2.75, 3.05) is 12.4 Å². The maximum atomic E-state index is 13.8. The van der Waals surface area contributed by atoms with E-state index < -0.39 is 28.7 Å². The fraction of sp³-hybridized carbons (Fsp3) is 0.556. The number of carbonyl (C=O) groups is 2. The second kappa shape index (κ2) is 11.2. The molecule has 4 rings (SSSR count). The fourth-order valence-corrected chi connectivity index (χ4v) is 5.71. The molecule has 2 heterocycles. The summed E-state index contributed by atoms with van der Waals surface area (Å²) in [5.41, 5.74) is -0.466. The van der Waals surface area contributed by atoms with Gasteiger partial charge in [-0.3, -0.25) is 19.0 Å². The number of alkyl halides is 3. The SMILES string of the molecule is CNC(=O)[C@H]1CC[C@H](n2c(NC(C)C)nc3c(c2=O)C[C@@H](C)N(C(=O)c2ccc(Cl)c(C(F)(F)F)c2)C3)CC1. The van der Waals surface area contributed by atoms with Crippen LogP contribution in [-0.4, -0.2) is 45.4 Å². The molecule has 0 bridgehead atoms. The van der Waals surface area contributed by atoms with Crippen molar-refractivity contribution < 1.29 is 22.8 Å². The summed E-state index contributed by atoms with van der Waals surface area (Å²) in [4.78, 5) is 45.5. The van der Waals surface area contributed by atoms with Gasteiger partial charge in [0.1, 0.15) is 0 Å². The second-order valence-electron chi connectivity index (χ2n) is 10.6. The molecule has 2 aliphatic rings. The smallest absolute Gasteiger partial charge is 0.359 e. The lowest BCUT2D eigenvalue weighted by atomic mass is 9.85. The summed E-state index contributed by atoms with van der Waals surface area (Å²) in [5.74, 6) is -0.275. The standard InChI is InChI=1S/C27H33ClF3N5O3/c1-14(2)33-26-34-22-13-35(24(38)17-7-10-21(28)20(12-17)27(29,30)31)15(3)11-19(22)25(39)36(26)18-8-5-16(6-9-18)23(37)32-4/h7,10,12,14-16,18H,5-6,8-9,11,13H2,1-4H3,(H,32,37)(H,33,34)/t15-,16-,18-/m1/s1. The van der Waals surface area contributed by atoms with Crippen LogP contribution in [0.15, 0.2) is 23.0 Å². The number of benzene rings is 1. The zero-order valence-electron chi connectivity index (χ0n) is 22.4. The molecular weight excluding hydrogens is 535 g/mol. The molecule has 212 valence electrons. The number of anilines is 1. The number of halogens is 4. The van der Waals surface area contributed by atoms with E-state index in [1.165, 1.54) is 11.0 Å². The van der Waals surface area contributed by atoms with Crippen molar-refractivity contribution in [1.29, 1.82) is 0 Å². The Morgan fingerprint density at radius 1 is 1.15 bits per heavy atom. The Kier molecular flexibility index (Phi) is 8.30. The third-order valence-corrected chi connectivity index (χ3v) is 7.85. The molecule has 0 radical (unpaired) electrons. The molecular formula is C27H33ClF3N5O3. The van der Waals surface area contributed by atoms with Crippen molar-refractivity contribution in [3.05, 3.63) is 56.0 Å². The number of rotatable bonds is 5. The molecule has 1 aromatic heterocycles. The van der Waals surface area contributed by atoms with Gasteiger partial charge in [-0.15, -0.1) is 0 Å². The third-order valence-electron chi connectivity index (χ3n) is 7.52. The molecule has 2 aromatic rings. The summed E-state index contributed by atoms with van der Waals surface area (Å²) in [5, 5.41) is 5.47. The first-order chi connectivity index (χ1) is 18.3. The van der Waals surface area contributed by atoms with Crippen LogP contribution < -0.4 is 16.2 Å². The van der Waals surface area contributed by atoms with E-state index in [2.05, 4.69) is 10.6 Å². The summed E-state index contributed by atoms with van der Waals surface area (Å²) in [6.45, 7) is 5.61. The number of nitrogens with zero attached hydrogens (tertiary/aromatic N) is 3. The van der Waals surface area contributed by atoms with Crippen LogP contribution in [-0.2, 0) is 23.9 Å². The van der Waals surface area contributed by atoms with Gasteiger partial charge in [0.05, 0.1) is 22.8 Å².